The predicted octanol–water partition coefficient (Wildman–Crippen LogP) is 4.44. The summed E-state index contributed by atoms with van der Waals surface area (Å²) in [6, 6.07) is 17.2. The number of rotatable bonds is 0. The largest absolute Gasteiger partial charge is 0.464 e. The molecule has 0 radical (unpaired) electrons. The van der Waals surface area contributed by atoms with Crippen molar-refractivity contribution in [3.63, 3.8) is 0 Å². The topological polar surface area (TPSA) is 9.23 Å². The molecule has 0 saturated carbocycles. The molecule has 1 heteroatoms. The molecule has 0 unspecified atom stereocenters. The molecule has 3 aromatic rings. The van der Waals surface area contributed by atoms with Crippen molar-refractivity contribution in [2.75, 3.05) is 0 Å². The first-order valence-corrected chi connectivity index (χ1v) is 6.18. The first-order chi connectivity index (χ1) is 8.92. The molecule has 1 aliphatic rings. The van der Waals surface area contributed by atoms with Crippen LogP contribution in [0.25, 0.3) is 21.5 Å². The number of hydrogen-bond acceptors (Lipinski definition) is 1. The second-order valence-electron chi connectivity index (χ2n) is 4.67. The van der Waals surface area contributed by atoms with E-state index >= 15 is 0 Å². The van der Waals surface area contributed by atoms with E-state index in [1.54, 1.807) is 6.26 Å². The zero-order valence-electron chi connectivity index (χ0n) is 9.89. The smallest absolute Gasteiger partial charge is 0.137 e. The number of ether oxygens (including phenoxy) is 1. The first-order valence-electron chi connectivity index (χ1n) is 6.18. The third-order valence-electron chi connectivity index (χ3n) is 3.54. The molecule has 1 nitrogen and oxygen atoms in total. The van der Waals surface area contributed by atoms with E-state index in [0.717, 1.165) is 12.2 Å². The van der Waals surface area contributed by atoms with Gasteiger partial charge in [0.2, 0.25) is 0 Å². The Morgan fingerprint density at radius 3 is 2.56 bits per heavy atom. The van der Waals surface area contributed by atoms with Crippen LogP contribution in [0.5, 0.6) is 5.75 Å². The Bertz CT molecular complexity index is 784. The van der Waals surface area contributed by atoms with E-state index in [0.29, 0.717) is 0 Å². The molecule has 0 atom stereocenters. The van der Waals surface area contributed by atoms with Gasteiger partial charge in [0.25, 0.3) is 0 Å². The van der Waals surface area contributed by atoms with Crippen molar-refractivity contribution in [2.24, 2.45) is 0 Å². The maximum absolute atomic E-state index is 5.71. The van der Waals surface area contributed by atoms with E-state index in [1.807, 2.05) is 0 Å². The quantitative estimate of drug-likeness (QED) is 0.520. The van der Waals surface area contributed by atoms with Gasteiger partial charge in [-0.05, 0) is 46.4 Å². The van der Waals surface area contributed by atoms with Gasteiger partial charge in [0.15, 0.2) is 0 Å². The van der Waals surface area contributed by atoms with E-state index in [2.05, 4.69) is 54.6 Å². The molecular weight excluding hydrogens is 220 g/mol. The maximum atomic E-state index is 5.71. The highest BCUT2D eigenvalue weighted by Gasteiger charge is 2.11. The molecule has 0 N–H and O–H groups in total. The average Bonchev–Trinajstić information content (AvgIpc) is 2.45. The molecule has 1 aliphatic heterocycles. The molecule has 1 heterocycles. The minimum Gasteiger partial charge on any atom is -0.464 e. The summed E-state index contributed by atoms with van der Waals surface area (Å²) in [7, 11) is 0. The van der Waals surface area contributed by atoms with Gasteiger partial charge in [0.1, 0.15) is 5.75 Å². The zero-order chi connectivity index (χ0) is 11.9. The summed E-state index contributed by atoms with van der Waals surface area (Å²) in [4.78, 5) is 0. The number of benzene rings is 3. The minimum absolute atomic E-state index is 0.956. The molecule has 0 bridgehead atoms. The molecule has 18 heavy (non-hydrogen) atoms. The fourth-order valence-electron chi connectivity index (χ4n) is 2.62. The van der Waals surface area contributed by atoms with Gasteiger partial charge in [-0.25, -0.2) is 0 Å². The molecule has 86 valence electrons. The van der Waals surface area contributed by atoms with Crippen molar-refractivity contribution in [3.8, 4) is 5.75 Å². The van der Waals surface area contributed by atoms with E-state index < -0.39 is 0 Å². The maximum Gasteiger partial charge on any atom is 0.137 e. The van der Waals surface area contributed by atoms with E-state index in [9.17, 15) is 0 Å². The third-order valence-corrected chi connectivity index (χ3v) is 3.54. The highest BCUT2D eigenvalue weighted by atomic mass is 16.5. The Kier molecular flexibility index (Phi) is 1.95. The van der Waals surface area contributed by atoms with E-state index in [4.69, 9.17) is 4.74 Å². The number of allylic oxidation sites excluding steroid dienone is 1. The molecule has 0 fully saturated rings. The summed E-state index contributed by atoms with van der Waals surface area (Å²) < 4.78 is 5.71. The number of hydrogen-bond donors (Lipinski definition) is 0. The molecule has 0 saturated heterocycles. The molecular formula is C17H12O. The Morgan fingerprint density at radius 1 is 0.833 bits per heavy atom. The second kappa shape index (κ2) is 3.61. The number of fused-ring (bicyclic) bond motifs is 4. The van der Waals surface area contributed by atoms with Gasteiger partial charge in [0, 0.05) is 5.39 Å². The van der Waals surface area contributed by atoms with E-state index in [1.165, 1.54) is 27.1 Å². The fraction of sp³-hybridized carbons (Fsp3) is 0.0588. The zero-order valence-corrected chi connectivity index (χ0v) is 9.89. The summed E-state index contributed by atoms with van der Waals surface area (Å²) in [6.07, 6.45) is 4.80. The van der Waals surface area contributed by atoms with Gasteiger partial charge in [-0.15, -0.1) is 0 Å². The van der Waals surface area contributed by atoms with Crippen LogP contribution in [0.3, 0.4) is 0 Å². The van der Waals surface area contributed by atoms with Gasteiger partial charge in [0.05, 0.1) is 6.26 Å². The summed E-state index contributed by atoms with van der Waals surface area (Å²) in [6.45, 7) is 0. The summed E-state index contributed by atoms with van der Waals surface area (Å²) >= 11 is 0. The van der Waals surface area contributed by atoms with Gasteiger partial charge in [-0.2, -0.15) is 0 Å². The Balaban J connectivity index is 2.13. The van der Waals surface area contributed by atoms with Gasteiger partial charge < -0.3 is 4.74 Å². The van der Waals surface area contributed by atoms with Crippen molar-refractivity contribution >= 4 is 21.5 Å². The molecule has 0 aliphatic carbocycles. The summed E-state index contributed by atoms with van der Waals surface area (Å²) in [5, 5.41) is 4.98. The highest BCUT2D eigenvalue weighted by molar-refractivity contribution is 6.01. The second-order valence-corrected chi connectivity index (χ2v) is 4.67. The van der Waals surface area contributed by atoms with Crippen LogP contribution < -0.4 is 4.74 Å². The molecule has 0 amide bonds. The van der Waals surface area contributed by atoms with Gasteiger partial charge in [-0.3, -0.25) is 0 Å². The predicted molar refractivity (Wildman–Crippen MR) is 74.9 cm³/mol. The van der Waals surface area contributed by atoms with Crippen LogP contribution in [0.2, 0.25) is 0 Å². The lowest BCUT2D eigenvalue weighted by molar-refractivity contribution is 0.470. The summed E-state index contributed by atoms with van der Waals surface area (Å²) in [5.74, 6) is 1.01. The SMILES string of the molecule is C1=COc2c(ccc3cc4ccccc4cc23)C1. The van der Waals surface area contributed by atoms with Crippen molar-refractivity contribution in [1.82, 2.24) is 0 Å². The van der Waals surface area contributed by atoms with Crippen LogP contribution in [0.4, 0.5) is 0 Å². The lowest BCUT2D eigenvalue weighted by Crippen LogP contribution is -1.96. The van der Waals surface area contributed by atoms with Crippen LogP contribution in [0.1, 0.15) is 5.56 Å². The fourth-order valence-corrected chi connectivity index (χ4v) is 2.62. The van der Waals surface area contributed by atoms with Crippen LogP contribution in [0.15, 0.2) is 60.9 Å². The third kappa shape index (κ3) is 1.34. The van der Waals surface area contributed by atoms with Crippen molar-refractivity contribution in [1.29, 1.82) is 0 Å². The molecule has 3 aromatic carbocycles. The monoisotopic (exact) mass is 232 g/mol. The van der Waals surface area contributed by atoms with Crippen LogP contribution in [-0.4, -0.2) is 0 Å². The van der Waals surface area contributed by atoms with Gasteiger partial charge in [-0.1, -0.05) is 36.4 Å². The van der Waals surface area contributed by atoms with Crippen molar-refractivity contribution in [2.45, 2.75) is 6.42 Å². The van der Waals surface area contributed by atoms with Gasteiger partial charge >= 0.3 is 0 Å². The first kappa shape index (κ1) is 9.72. The Labute approximate surface area is 105 Å². The lowest BCUT2D eigenvalue weighted by Gasteiger charge is -2.15. The molecule has 0 spiro atoms. The summed E-state index contributed by atoms with van der Waals surface area (Å²) in [5.41, 5.74) is 1.26. The Morgan fingerprint density at radius 2 is 1.67 bits per heavy atom. The lowest BCUT2D eigenvalue weighted by atomic mass is 9.99. The van der Waals surface area contributed by atoms with E-state index in [-0.39, 0.29) is 0 Å². The normalized spacial score (nSPS) is 13.6. The van der Waals surface area contributed by atoms with Crippen molar-refractivity contribution < 1.29 is 4.74 Å². The van der Waals surface area contributed by atoms with Crippen molar-refractivity contribution in [3.05, 3.63) is 66.4 Å². The van der Waals surface area contributed by atoms with Crippen LogP contribution in [0, 0.1) is 0 Å². The Hall–Kier alpha value is -2.28. The molecule has 0 aromatic heterocycles. The van der Waals surface area contributed by atoms with Crippen LogP contribution >= 0.6 is 0 Å². The molecule has 4 rings (SSSR count). The average molecular weight is 232 g/mol. The van der Waals surface area contributed by atoms with Crippen LogP contribution in [-0.2, 0) is 6.42 Å². The standard InChI is InChI=1S/C17H12O/c1-2-5-14-11-16-15(10-13(14)4-1)8-7-12-6-3-9-18-17(12)16/h1-5,7-11H,6H2. The highest BCUT2D eigenvalue weighted by Crippen LogP contribution is 2.35. The minimum atomic E-state index is 0.956.